The predicted octanol–water partition coefficient (Wildman–Crippen LogP) is 1.02. The van der Waals surface area contributed by atoms with E-state index in [1.54, 1.807) is 13.0 Å². The standard InChI is InChI=1S/C13H17N3O4/c1-8-6-10(15-12(14-8)13(19)20-2)16-5-3-4-9(16)7-11(17)18/h6,9H,3-5,7H2,1-2H3,(H,17,18). The van der Waals surface area contributed by atoms with E-state index in [0.29, 0.717) is 11.5 Å². The van der Waals surface area contributed by atoms with E-state index in [2.05, 4.69) is 14.7 Å². The van der Waals surface area contributed by atoms with Gasteiger partial charge in [0.1, 0.15) is 5.82 Å². The average Bonchev–Trinajstić information content (AvgIpc) is 2.84. The van der Waals surface area contributed by atoms with Gasteiger partial charge in [0, 0.05) is 24.3 Å². The van der Waals surface area contributed by atoms with E-state index >= 15 is 0 Å². The van der Waals surface area contributed by atoms with E-state index in [1.807, 2.05) is 4.90 Å². The number of nitrogens with zero attached hydrogens (tertiary/aromatic N) is 3. The monoisotopic (exact) mass is 279 g/mol. The number of hydrogen-bond donors (Lipinski definition) is 1. The second-order valence-corrected chi connectivity index (χ2v) is 4.77. The number of anilines is 1. The topological polar surface area (TPSA) is 92.6 Å². The fourth-order valence-corrected chi connectivity index (χ4v) is 2.43. The lowest BCUT2D eigenvalue weighted by atomic mass is 10.1. The molecule has 7 heteroatoms. The van der Waals surface area contributed by atoms with E-state index in [-0.39, 0.29) is 18.3 Å². The molecular formula is C13H17N3O4. The minimum absolute atomic E-state index is 0.00322. The Bertz CT molecular complexity index is 532. The largest absolute Gasteiger partial charge is 0.481 e. The number of aromatic nitrogens is 2. The summed E-state index contributed by atoms with van der Waals surface area (Å²) in [6, 6.07) is 1.67. The first kappa shape index (κ1) is 14.2. The maximum Gasteiger partial charge on any atom is 0.376 e. The van der Waals surface area contributed by atoms with Crippen molar-refractivity contribution < 1.29 is 19.4 Å². The molecule has 20 heavy (non-hydrogen) atoms. The quantitative estimate of drug-likeness (QED) is 0.822. The summed E-state index contributed by atoms with van der Waals surface area (Å²) in [5, 5.41) is 8.94. The van der Waals surface area contributed by atoms with Gasteiger partial charge in [-0.15, -0.1) is 0 Å². The molecule has 0 radical (unpaired) electrons. The lowest BCUT2D eigenvalue weighted by molar-refractivity contribution is -0.137. The summed E-state index contributed by atoms with van der Waals surface area (Å²) in [5.74, 6) is -0.838. The number of aliphatic carboxylic acids is 1. The molecular weight excluding hydrogens is 262 g/mol. The van der Waals surface area contributed by atoms with Gasteiger partial charge in [-0.1, -0.05) is 0 Å². The number of carbonyl (C=O) groups is 2. The van der Waals surface area contributed by atoms with Crippen molar-refractivity contribution in [3.63, 3.8) is 0 Å². The van der Waals surface area contributed by atoms with Crippen molar-refractivity contribution in [3.8, 4) is 0 Å². The van der Waals surface area contributed by atoms with Gasteiger partial charge in [0.25, 0.3) is 0 Å². The number of carboxylic acid groups (broad SMARTS) is 1. The summed E-state index contributed by atoms with van der Waals surface area (Å²) in [6.07, 6.45) is 1.79. The van der Waals surface area contributed by atoms with Gasteiger partial charge in [-0.05, 0) is 19.8 Å². The first-order chi connectivity index (χ1) is 9.51. The van der Waals surface area contributed by atoms with Crippen LogP contribution in [0.4, 0.5) is 5.82 Å². The molecule has 2 rings (SSSR count). The fraction of sp³-hybridized carbons (Fsp3) is 0.538. The number of carbonyl (C=O) groups excluding carboxylic acids is 1. The van der Waals surface area contributed by atoms with E-state index < -0.39 is 11.9 Å². The lowest BCUT2D eigenvalue weighted by Gasteiger charge is -2.24. The summed E-state index contributed by atoms with van der Waals surface area (Å²) >= 11 is 0. The molecule has 108 valence electrons. The Kier molecular flexibility index (Phi) is 4.16. The smallest absolute Gasteiger partial charge is 0.376 e. The van der Waals surface area contributed by atoms with Gasteiger partial charge in [-0.3, -0.25) is 4.79 Å². The van der Waals surface area contributed by atoms with Crippen LogP contribution in [0, 0.1) is 6.92 Å². The highest BCUT2D eigenvalue weighted by Gasteiger charge is 2.28. The minimum atomic E-state index is -0.833. The Labute approximate surface area is 116 Å². The van der Waals surface area contributed by atoms with Crippen LogP contribution >= 0.6 is 0 Å². The summed E-state index contributed by atoms with van der Waals surface area (Å²) in [6.45, 7) is 2.49. The van der Waals surface area contributed by atoms with Crippen LogP contribution in [0.1, 0.15) is 35.6 Å². The lowest BCUT2D eigenvalue weighted by Crippen LogP contribution is -2.32. The molecule has 1 aromatic rings. The van der Waals surface area contributed by atoms with Gasteiger partial charge in [0.05, 0.1) is 13.5 Å². The third-order valence-corrected chi connectivity index (χ3v) is 3.29. The van der Waals surface area contributed by atoms with Gasteiger partial charge in [-0.2, -0.15) is 0 Å². The number of methoxy groups -OCH3 is 1. The third kappa shape index (κ3) is 3.04. The molecule has 0 amide bonds. The Balaban J connectivity index is 2.29. The Morgan fingerprint density at radius 3 is 2.90 bits per heavy atom. The van der Waals surface area contributed by atoms with E-state index in [4.69, 9.17) is 5.11 Å². The first-order valence-electron chi connectivity index (χ1n) is 6.43. The molecule has 2 heterocycles. The molecule has 1 N–H and O–H groups in total. The maximum atomic E-state index is 11.5. The van der Waals surface area contributed by atoms with Gasteiger partial charge >= 0.3 is 11.9 Å². The molecule has 1 fully saturated rings. The van der Waals surface area contributed by atoms with Crippen LogP contribution < -0.4 is 4.90 Å². The Morgan fingerprint density at radius 1 is 1.50 bits per heavy atom. The van der Waals surface area contributed by atoms with Crippen molar-refractivity contribution in [2.75, 3.05) is 18.6 Å². The number of hydrogen-bond acceptors (Lipinski definition) is 6. The Hall–Kier alpha value is -2.18. The normalized spacial score (nSPS) is 18.1. The van der Waals surface area contributed by atoms with Gasteiger partial charge < -0.3 is 14.7 Å². The molecule has 0 spiro atoms. The van der Waals surface area contributed by atoms with Crippen molar-refractivity contribution in [1.29, 1.82) is 0 Å². The molecule has 0 aromatic carbocycles. The van der Waals surface area contributed by atoms with Gasteiger partial charge in [0.15, 0.2) is 0 Å². The number of aryl methyl sites for hydroxylation is 1. The molecule has 0 saturated carbocycles. The number of carboxylic acids is 1. The molecule has 1 saturated heterocycles. The SMILES string of the molecule is COC(=O)c1nc(C)cc(N2CCCC2CC(=O)O)n1. The summed E-state index contributed by atoms with van der Waals surface area (Å²) in [5.41, 5.74) is 0.649. The summed E-state index contributed by atoms with van der Waals surface area (Å²) in [7, 11) is 1.27. The minimum Gasteiger partial charge on any atom is -0.481 e. The second kappa shape index (κ2) is 5.85. The second-order valence-electron chi connectivity index (χ2n) is 4.77. The van der Waals surface area contributed by atoms with Crippen LogP contribution in [0.2, 0.25) is 0 Å². The van der Waals surface area contributed by atoms with Crippen molar-refractivity contribution >= 4 is 17.8 Å². The van der Waals surface area contributed by atoms with Crippen molar-refractivity contribution in [2.24, 2.45) is 0 Å². The van der Waals surface area contributed by atoms with Crippen molar-refractivity contribution in [2.45, 2.75) is 32.2 Å². The van der Waals surface area contributed by atoms with Crippen LogP contribution in [0.5, 0.6) is 0 Å². The molecule has 1 aliphatic heterocycles. The molecule has 1 aromatic heterocycles. The van der Waals surface area contributed by atoms with Crippen molar-refractivity contribution in [1.82, 2.24) is 9.97 Å². The number of rotatable bonds is 4. The average molecular weight is 279 g/mol. The Morgan fingerprint density at radius 2 is 2.25 bits per heavy atom. The molecule has 0 aliphatic carbocycles. The van der Waals surface area contributed by atoms with Crippen LogP contribution in [-0.4, -0.2) is 46.7 Å². The van der Waals surface area contributed by atoms with E-state index in [1.165, 1.54) is 7.11 Å². The van der Waals surface area contributed by atoms with Crippen LogP contribution in [0.15, 0.2) is 6.07 Å². The summed E-state index contributed by atoms with van der Waals surface area (Å²) in [4.78, 5) is 32.6. The van der Waals surface area contributed by atoms with Crippen LogP contribution in [0.3, 0.4) is 0 Å². The highest BCUT2D eigenvalue weighted by molar-refractivity contribution is 5.85. The zero-order valence-corrected chi connectivity index (χ0v) is 11.5. The molecule has 1 unspecified atom stereocenters. The molecule has 7 nitrogen and oxygen atoms in total. The number of esters is 1. The summed E-state index contributed by atoms with van der Waals surface area (Å²) < 4.78 is 4.62. The first-order valence-corrected chi connectivity index (χ1v) is 6.43. The fourth-order valence-electron chi connectivity index (χ4n) is 2.43. The third-order valence-electron chi connectivity index (χ3n) is 3.29. The maximum absolute atomic E-state index is 11.5. The van der Waals surface area contributed by atoms with E-state index in [0.717, 1.165) is 19.4 Å². The van der Waals surface area contributed by atoms with Crippen LogP contribution in [-0.2, 0) is 9.53 Å². The van der Waals surface area contributed by atoms with Gasteiger partial charge in [0.2, 0.25) is 5.82 Å². The molecule has 0 bridgehead atoms. The molecule has 1 atom stereocenters. The highest BCUT2D eigenvalue weighted by atomic mass is 16.5. The van der Waals surface area contributed by atoms with Crippen LogP contribution in [0.25, 0.3) is 0 Å². The highest BCUT2D eigenvalue weighted by Crippen LogP contribution is 2.26. The zero-order chi connectivity index (χ0) is 14.7. The predicted molar refractivity (Wildman–Crippen MR) is 70.7 cm³/mol. The number of ether oxygens (including phenoxy) is 1. The van der Waals surface area contributed by atoms with Gasteiger partial charge in [-0.25, -0.2) is 14.8 Å². The van der Waals surface area contributed by atoms with E-state index in [9.17, 15) is 9.59 Å². The molecule has 1 aliphatic rings. The zero-order valence-electron chi connectivity index (χ0n) is 11.5. The van der Waals surface area contributed by atoms with Crippen molar-refractivity contribution in [3.05, 3.63) is 17.6 Å².